The number of nitrogens with one attached hydrogen (secondary N) is 1. The van der Waals surface area contributed by atoms with Crippen molar-refractivity contribution < 1.29 is 9.53 Å². The maximum absolute atomic E-state index is 12.4. The van der Waals surface area contributed by atoms with Gasteiger partial charge in [0.2, 0.25) is 0 Å². The lowest BCUT2D eigenvalue weighted by Gasteiger charge is -2.20. The van der Waals surface area contributed by atoms with E-state index in [-0.39, 0.29) is 5.91 Å². The lowest BCUT2D eigenvalue weighted by atomic mass is 10.1. The van der Waals surface area contributed by atoms with Crippen molar-refractivity contribution in [2.45, 2.75) is 26.8 Å². The quantitative estimate of drug-likeness (QED) is 0.770. The second-order valence-electron chi connectivity index (χ2n) is 4.77. The first kappa shape index (κ1) is 15.5. The van der Waals surface area contributed by atoms with Gasteiger partial charge in [0.1, 0.15) is 0 Å². The van der Waals surface area contributed by atoms with E-state index in [2.05, 4.69) is 19.2 Å². The lowest BCUT2D eigenvalue weighted by Crippen LogP contribution is -2.31. The van der Waals surface area contributed by atoms with E-state index in [1.165, 1.54) is 0 Å². The number of carbonyl (C=O) groups is 1. The molecule has 1 N–H and O–H groups in total. The predicted octanol–water partition coefficient (Wildman–Crippen LogP) is 2.62. The molecule has 1 aromatic carbocycles. The fourth-order valence-corrected chi connectivity index (χ4v) is 1.76. The van der Waals surface area contributed by atoms with Crippen LogP contribution < -0.4 is 5.32 Å². The molecule has 0 bridgehead atoms. The van der Waals surface area contributed by atoms with Crippen molar-refractivity contribution in [2.24, 2.45) is 0 Å². The smallest absolute Gasteiger partial charge is 0.255 e. The number of ether oxygens (including phenoxy) is 1. The third-order valence-corrected chi connectivity index (χ3v) is 2.72. The lowest BCUT2D eigenvalue weighted by molar-refractivity contribution is 0.0711. The molecule has 0 unspecified atom stereocenters. The second-order valence-corrected chi connectivity index (χ2v) is 4.77. The average Bonchev–Trinajstić information content (AvgIpc) is 2.38. The number of anilines is 1. The fraction of sp³-hybridized carbons (Fsp3) is 0.533. The zero-order chi connectivity index (χ0) is 14.3. The van der Waals surface area contributed by atoms with Crippen molar-refractivity contribution in [2.75, 3.05) is 32.1 Å². The molecule has 1 amide bonds. The molecular formula is C15H24N2O2. The molecule has 0 aliphatic carbocycles. The Kier molecular flexibility index (Phi) is 6.36. The maximum atomic E-state index is 12.4. The van der Waals surface area contributed by atoms with Gasteiger partial charge in [-0.25, -0.2) is 0 Å². The summed E-state index contributed by atoms with van der Waals surface area (Å²) in [6, 6.07) is 7.90. The van der Waals surface area contributed by atoms with Gasteiger partial charge in [-0.2, -0.15) is 0 Å². The zero-order valence-electron chi connectivity index (χ0n) is 12.3. The summed E-state index contributed by atoms with van der Waals surface area (Å²) in [7, 11) is 1.80. The van der Waals surface area contributed by atoms with E-state index in [1.807, 2.05) is 31.2 Å². The van der Waals surface area contributed by atoms with Crippen LogP contribution in [0.1, 0.15) is 31.1 Å². The van der Waals surface area contributed by atoms with Gasteiger partial charge in [0.05, 0.1) is 12.2 Å². The molecule has 1 aromatic rings. The van der Waals surface area contributed by atoms with Gasteiger partial charge in [-0.15, -0.1) is 0 Å². The number of amides is 1. The first-order valence-electron chi connectivity index (χ1n) is 6.75. The maximum Gasteiger partial charge on any atom is 0.255 e. The van der Waals surface area contributed by atoms with Crippen molar-refractivity contribution in [3.05, 3.63) is 29.8 Å². The predicted molar refractivity (Wildman–Crippen MR) is 78.7 cm³/mol. The molecule has 4 heteroatoms. The monoisotopic (exact) mass is 264 g/mol. The highest BCUT2D eigenvalue weighted by molar-refractivity contribution is 5.99. The summed E-state index contributed by atoms with van der Waals surface area (Å²) in [5, 5.41) is 3.30. The Labute approximate surface area is 115 Å². The highest BCUT2D eigenvalue weighted by Crippen LogP contribution is 2.17. The summed E-state index contributed by atoms with van der Waals surface area (Å²) in [5.74, 6) is 0.0171. The summed E-state index contributed by atoms with van der Waals surface area (Å²) >= 11 is 0. The molecule has 0 aliphatic rings. The molecule has 1 rings (SSSR count). The van der Waals surface area contributed by atoms with Crippen LogP contribution in [0.2, 0.25) is 0 Å². The third-order valence-electron chi connectivity index (χ3n) is 2.72. The van der Waals surface area contributed by atoms with Crippen molar-refractivity contribution in [1.82, 2.24) is 4.90 Å². The van der Waals surface area contributed by atoms with Crippen LogP contribution in [0, 0.1) is 0 Å². The molecular weight excluding hydrogens is 240 g/mol. The molecule has 0 atom stereocenters. The van der Waals surface area contributed by atoms with Crippen molar-refractivity contribution in [3.8, 4) is 0 Å². The molecule has 4 nitrogen and oxygen atoms in total. The van der Waals surface area contributed by atoms with Gasteiger partial charge in [0, 0.05) is 31.9 Å². The first-order valence-corrected chi connectivity index (χ1v) is 6.75. The van der Waals surface area contributed by atoms with Gasteiger partial charge in [0.15, 0.2) is 0 Å². The summed E-state index contributed by atoms with van der Waals surface area (Å²) in [5.41, 5.74) is 1.58. The Balaban J connectivity index is 2.75. The Hall–Kier alpha value is -1.55. The minimum atomic E-state index is 0.0171. The zero-order valence-corrected chi connectivity index (χ0v) is 12.3. The second kappa shape index (κ2) is 7.79. The summed E-state index contributed by atoms with van der Waals surface area (Å²) in [6.45, 7) is 7.90. The minimum absolute atomic E-state index is 0.0171. The number of hydrogen-bond acceptors (Lipinski definition) is 3. The number of para-hydroxylation sites is 1. The minimum Gasteiger partial charge on any atom is -0.382 e. The molecule has 106 valence electrons. The highest BCUT2D eigenvalue weighted by Gasteiger charge is 2.15. The van der Waals surface area contributed by atoms with Gasteiger partial charge >= 0.3 is 0 Å². The highest BCUT2D eigenvalue weighted by atomic mass is 16.5. The topological polar surface area (TPSA) is 41.6 Å². The number of hydrogen-bond donors (Lipinski definition) is 1. The fourth-order valence-electron chi connectivity index (χ4n) is 1.76. The molecule has 0 spiro atoms. The number of likely N-dealkylation sites (N-methyl/N-ethyl adjacent to an activating group) is 1. The van der Waals surface area contributed by atoms with E-state index < -0.39 is 0 Å². The average molecular weight is 264 g/mol. The van der Waals surface area contributed by atoms with Crippen LogP contribution in [0.3, 0.4) is 0 Å². The van der Waals surface area contributed by atoms with Crippen LogP contribution in [0.25, 0.3) is 0 Å². The van der Waals surface area contributed by atoms with E-state index in [1.54, 1.807) is 11.9 Å². The van der Waals surface area contributed by atoms with Crippen LogP contribution >= 0.6 is 0 Å². The van der Waals surface area contributed by atoms with E-state index >= 15 is 0 Å². The van der Waals surface area contributed by atoms with Crippen LogP contribution in [0.4, 0.5) is 5.69 Å². The normalized spacial score (nSPS) is 10.6. The van der Waals surface area contributed by atoms with Crippen LogP contribution in [-0.2, 0) is 4.74 Å². The molecule has 0 aliphatic heterocycles. The molecule has 0 radical (unpaired) electrons. The van der Waals surface area contributed by atoms with E-state index in [9.17, 15) is 4.79 Å². The molecule has 0 fully saturated rings. The van der Waals surface area contributed by atoms with Crippen LogP contribution in [0.5, 0.6) is 0 Å². The van der Waals surface area contributed by atoms with Crippen molar-refractivity contribution >= 4 is 11.6 Å². The van der Waals surface area contributed by atoms with Crippen LogP contribution in [-0.4, -0.2) is 43.7 Å². The molecule has 0 aromatic heterocycles. The van der Waals surface area contributed by atoms with Gasteiger partial charge in [0.25, 0.3) is 5.91 Å². The van der Waals surface area contributed by atoms with Gasteiger partial charge in [-0.3, -0.25) is 4.79 Å². The van der Waals surface area contributed by atoms with E-state index in [4.69, 9.17) is 4.74 Å². The van der Waals surface area contributed by atoms with Crippen molar-refractivity contribution in [1.29, 1.82) is 0 Å². The van der Waals surface area contributed by atoms with Gasteiger partial charge in [-0.05, 0) is 32.9 Å². The number of benzene rings is 1. The van der Waals surface area contributed by atoms with Crippen molar-refractivity contribution in [3.63, 3.8) is 0 Å². The molecule has 19 heavy (non-hydrogen) atoms. The van der Waals surface area contributed by atoms with E-state index in [0.717, 1.165) is 5.69 Å². The number of nitrogens with zero attached hydrogens (tertiary/aromatic N) is 1. The summed E-state index contributed by atoms with van der Waals surface area (Å²) < 4.78 is 5.28. The molecule has 0 heterocycles. The summed E-state index contributed by atoms with van der Waals surface area (Å²) in [4.78, 5) is 14.1. The molecule has 0 saturated heterocycles. The van der Waals surface area contributed by atoms with Crippen LogP contribution in [0.15, 0.2) is 24.3 Å². The number of rotatable bonds is 7. The Bertz CT molecular complexity index is 405. The molecule has 0 saturated carbocycles. The standard InChI is InChI=1S/C15H24N2O2/c1-5-19-11-10-17(4)15(18)13-8-6-7-9-14(13)16-12(2)3/h6-9,12,16H,5,10-11H2,1-4H3. The summed E-state index contributed by atoms with van der Waals surface area (Å²) in [6.07, 6.45) is 0. The Morgan fingerprint density at radius 1 is 1.37 bits per heavy atom. The SMILES string of the molecule is CCOCCN(C)C(=O)c1ccccc1NC(C)C. The number of carbonyl (C=O) groups excluding carboxylic acids is 1. The van der Waals surface area contributed by atoms with E-state index in [0.29, 0.717) is 31.4 Å². The van der Waals surface area contributed by atoms with Gasteiger partial charge < -0.3 is 15.0 Å². The first-order chi connectivity index (χ1) is 9.06. The Morgan fingerprint density at radius 3 is 2.68 bits per heavy atom. The Morgan fingerprint density at radius 2 is 2.05 bits per heavy atom. The largest absolute Gasteiger partial charge is 0.382 e. The van der Waals surface area contributed by atoms with Gasteiger partial charge in [-0.1, -0.05) is 12.1 Å². The third kappa shape index (κ3) is 4.91.